The number of carbonyl (C=O) groups excluding carboxylic acids is 1. The molecular formula is C19H11Cl2F3N2O3. The third kappa shape index (κ3) is 5.75. The van der Waals surface area contributed by atoms with E-state index < -0.39 is 18.0 Å². The zero-order valence-electron chi connectivity index (χ0n) is 14.3. The Kier molecular flexibility index (Phi) is 6.14. The van der Waals surface area contributed by atoms with Crippen molar-refractivity contribution in [3.8, 4) is 17.2 Å². The SMILES string of the molecule is O=C(Nc1cccnc1)c1cc(Cl)c(Cl)cc1Oc1ccc(OC(F)(F)F)cc1. The highest BCUT2D eigenvalue weighted by atomic mass is 35.5. The third-order valence-corrected chi connectivity index (χ3v) is 4.19. The average molecular weight is 443 g/mol. The number of nitrogens with one attached hydrogen (secondary N) is 1. The normalized spacial score (nSPS) is 11.1. The molecular weight excluding hydrogens is 432 g/mol. The van der Waals surface area contributed by atoms with E-state index in [-0.39, 0.29) is 27.1 Å². The number of aromatic nitrogens is 1. The van der Waals surface area contributed by atoms with E-state index in [1.165, 1.54) is 30.5 Å². The van der Waals surface area contributed by atoms with Crippen molar-refractivity contribution in [1.82, 2.24) is 4.98 Å². The highest BCUT2D eigenvalue weighted by Gasteiger charge is 2.31. The van der Waals surface area contributed by atoms with Gasteiger partial charge in [-0.05, 0) is 42.5 Å². The molecule has 0 saturated heterocycles. The van der Waals surface area contributed by atoms with Crippen molar-refractivity contribution in [3.05, 3.63) is 76.5 Å². The molecule has 3 rings (SSSR count). The Morgan fingerprint density at radius 1 is 1.00 bits per heavy atom. The number of rotatable bonds is 5. The molecule has 2 aromatic carbocycles. The van der Waals surface area contributed by atoms with Gasteiger partial charge >= 0.3 is 6.36 Å². The summed E-state index contributed by atoms with van der Waals surface area (Å²) in [4.78, 5) is 16.5. The lowest BCUT2D eigenvalue weighted by atomic mass is 10.1. The molecule has 29 heavy (non-hydrogen) atoms. The van der Waals surface area contributed by atoms with Crippen molar-refractivity contribution in [2.24, 2.45) is 0 Å². The molecule has 0 aliphatic heterocycles. The molecule has 150 valence electrons. The summed E-state index contributed by atoms with van der Waals surface area (Å²) in [6.07, 6.45) is -1.80. The van der Waals surface area contributed by atoms with Crippen LogP contribution in [0.1, 0.15) is 10.4 Å². The van der Waals surface area contributed by atoms with E-state index in [0.29, 0.717) is 5.69 Å². The van der Waals surface area contributed by atoms with Gasteiger partial charge in [-0.2, -0.15) is 0 Å². The maximum atomic E-state index is 12.6. The number of carbonyl (C=O) groups is 1. The molecule has 0 spiro atoms. The highest BCUT2D eigenvalue weighted by molar-refractivity contribution is 6.42. The van der Waals surface area contributed by atoms with Crippen LogP contribution >= 0.6 is 23.2 Å². The summed E-state index contributed by atoms with van der Waals surface area (Å²) in [7, 11) is 0. The Labute approximate surface area is 173 Å². The smallest absolute Gasteiger partial charge is 0.456 e. The van der Waals surface area contributed by atoms with E-state index in [4.69, 9.17) is 27.9 Å². The van der Waals surface area contributed by atoms with Crippen LogP contribution in [0.3, 0.4) is 0 Å². The van der Waals surface area contributed by atoms with Gasteiger partial charge in [0.15, 0.2) is 0 Å². The number of benzene rings is 2. The van der Waals surface area contributed by atoms with Gasteiger partial charge in [0, 0.05) is 12.3 Å². The van der Waals surface area contributed by atoms with Crippen LogP contribution < -0.4 is 14.8 Å². The summed E-state index contributed by atoms with van der Waals surface area (Å²) >= 11 is 12.0. The molecule has 0 radical (unpaired) electrons. The van der Waals surface area contributed by atoms with Gasteiger partial charge in [-0.25, -0.2) is 0 Å². The molecule has 1 amide bonds. The molecule has 0 aliphatic rings. The summed E-state index contributed by atoms with van der Waals surface area (Å²) in [5.41, 5.74) is 0.516. The van der Waals surface area contributed by atoms with Crippen molar-refractivity contribution in [3.63, 3.8) is 0 Å². The van der Waals surface area contributed by atoms with Crippen LogP contribution in [0.4, 0.5) is 18.9 Å². The molecule has 1 heterocycles. The molecule has 0 unspecified atom stereocenters. The molecule has 0 bridgehead atoms. The van der Waals surface area contributed by atoms with E-state index in [2.05, 4.69) is 15.0 Å². The Bertz CT molecular complexity index is 1010. The van der Waals surface area contributed by atoms with Crippen LogP contribution in [0.5, 0.6) is 17.2 Å². The molecule has 0 aliphatic carbocycles. The minimum Gasteiger partial charge on any atom is -0.456 e. The first-order valence-electron chi connectivity index (χ1n) is 7.95. The standard InChI is InChI=1S/C19H11Cl2F3N2O3/c20-15-8-14(18(27)26-11-2-1-7-25-10-11)17(9-16(15)21)28-12-3-5-13(6-4-12)29-19(22,23)24/h1-10H,(H,26,27). The van der Waals surface area contributed by atoms with Gasteiger partial charge < -0.3 is 14.8 Å². The fraction of sp³-hybridized carbons (Fsp3) is 0.0526. The third-order valence-electron chi connectivity index (χ3n) is 3.47. The van der Waals surface area contributed by atoms with Crippen molar-refractivity contribution in [2.45, 2.75) is 6.36 Å². The van der Waals surface area contributed by atoms with Gasteiger partial charge in [0.2, 0.25) is 0 Å². The predicted molar refractivity (Wildman–Crippen MR) is 102 cm³/mol. The monoisotopic (exact) mass is 442 g/mol. The lowest BCUT2D eigenvalue weighted by molar-refractivity contribution is -0.274. The molecule has 0 saturated carbocycles. The van der Waals surface area contributed by atoms with E-state index >= 15 is 0 Å². The second-order valence-electron chi connectivity index (χ2n) is 5.58. The van der Waals surface area contributed by atoms with E-state index in [0.717, 1.165) is 12.1 Å². The first kappa shape index (κ1) is 20.8. The number of nitrogens with zero attached hydrogens (tertiary/aromatic N) is 1. The Hall–Kier alpha value is -2.97. The maximum Gasteiger partial charge on any atom is 0.573 e. The number of pyridine rings is 1. The summed E-state index contributed by atoms with van der Waals surface area (Å²) in [5, 5.41) is 2.90. The van der Waals surface area contributed by atoms with Crippen LogP contribution in [0.25, 0.3) is 0 Å². The number of amides is 1. The van der Waals surface area contributed by atoms with Gasteiger partial charge in [-0.15, -0.1) is 13.2 Å². The van der Waals surface area contributed by atoms with Gasteiger partial charge in [0.25, 0.3) is 5.91 Å². The summed E-state index contributed by atoms with van der Waals surface area (Å²) in [6, 6.07) is 10.6. The van der Waals surface area contributed by atoms with E-state index in [9.17, 15) is 18.0 Å². The van der Waals surface area contributed by atoms with Crippen molar-refractivity contribution in [2.75, 3.05) is 5.32 Å². The van der Waals surface area contributed by atoms with Gasteiger partial charge in [-0.1, -0.05) is 23.2 Å². The largest absolute Gasteiger partial charge is 0.573 e. The highest BCUT2D eigenvalue weighted by Crippen LogP contribution is 2.35. The van der Waals surface area contributed by atoms with Gasteiger partial charge in [0.05, 0.1) is 27.5 Å². The number of hydrogen-bond acceptors (Lipinski definition) is 4. The topological polar surface area (TPSA) is 60.5 Å². The summed E-state index contributed by atoms with van der Waals surface area (Å²) in [5.74, 6) is -0.726. The number of alkyl halides is 3. The fourth-order valence-corrected chi connectivity index (χ4v) is 2.58. The second-order valence-corrected chi connectivity index (χ2v) is 6.39. The molecule has 3 aromatic rings. The van der Waals surface area contributed by atoms with Crippen molar-refractivity contribution in [1.29, 1.82) is 0 Å². The first-order valence-corrected chi connectivity index (χ1v) is 8.71. The van der Waals surface area contributed by atoms with Gasteiger partial charge in [0.1, 0.15) is 17.2 Å². The lowest BCUT2D eigenvalue weighted by Gasteiger charge is -2.14. The summed E-state index contributed by atoms with van der Waals surface area (Å²) < 4.78 is 46.2. The fourth-order valence-electron chi connectivity index (χ4n) is 2.26. The summed E-state index contributed by atoms with van der Waals surface area (Å²) in [6.45, 7) is 0. The van der Waals surface area contributed by atoms with Crippen LogP contribution in [-0.2, 0) is 0 Å². The Morgan fingerprint density at radius 2 is 1.66 bits per heavy atom. The molecule has 0 atom stereocenters. The number of anilines is 1. The van der Waals surface area contributed by atoms with Crippen LogP contribution in [-0.4, -0.2) is 17.3 Å². The van der Waals surface area contributed by atoms with Crippen molar-refractivity contribution < 1.29 is 27.4 Å². The van der Waals surface area contributed by atoms with E-state index in [1.807, 2.05) is 0 Å². The van der Waals surface area contributed by atoms with Crippen molar-refractivity contribution >= 4 is 34.8 Å². The number of halogens is 5. The maximum absolute atomic E-state index is 12.6. The van der Waals surface area contributed by atoms with Crippen LogP contribution in [0.2, 0.25) is 10.0 Å². The minimum absolute atomic E-state index is 0.0604. The molecule has 10 heteroatoms. The first-order chi connectivity index (χ1) is 13.7. The Morgan fingerprint density at radius 3 is 2.28 bits per heavy atom. The van der Waals surface area contributed by atoms with E-state index in [1.54, 1.807) is 18.3 Å². The number of ether oxygens (including phenoxy) is 2. The Balaban J connectivity index is 1.85. The minimum atomic E-state index is -4.80. The molecule has 5 nitrogen and oxygen atoms in total. The second kappa shape index (κ2) is 8.59. The number of hydrogen-bond donors (Lipinski definition) is 1. The van der Waals surface area contributed by atoms with Crippen LogP contribution in [0.15, 0.2) is 60.9 Å². The quantitative estimate of drug-likeness (QED) is 0.501. The lowest BCUT2D eigenvalue weighted by Crippen LogP contribution is -2.16. The zero-order chi connectivity index (χ0) is 21.0. The van der Waals surface area contributed by atoms with Crippen LogP contribution in [0, 0.1) is 0 Å². The van der Waals surface area contributed by atoms with Gasteiger partial charge in [-0.3, -0.25) is 9.78 Å². The molecule has 1 N–H and O–H groups in total. The molecule has 1 aromatic heterocycles. The molecule has 0 fully saturated rings. The predicted octanol–water partition coefficient (Wildman–Crippen LogP) is 6.33. The zero-order valence-corrected chi connectivity index (χ0v) is 15.8. The average Bonchev–Trinajstić information content (AvgIpc) is 2.65.